The lowest BCUT2D eigenvalue weighted by Crippen LogP contribution is -2.27. The Bertz CT molecular complexity index is 506. The molecule has 0 aromatic heterocycles. The molecule has 0 saturated carbocycles. The molecule has 4 nitrogen and oxygen atoms in total. The lowest BCUT2D eigenvalue weighted by Gasteiger charge is -2.17. The second-order valence-corrected chi connectivity index (χ2v) is 4.14. The van der Waals surface area contributed by atoms with Crippen LogP contribution in [0.5, 0.6) is 0 Å². The minimum Gasteiger partial charge on any atom is -0.469 e. The van der Waals surface area contributed by atoms with Crippen molar-refractivity contribution in [2.75, 3.05) is 18.6 Å². The van der Waals surface area contributed by atoms with Crippen LogP contribution in [-0.2, 0) is 14.3 Å². The smallest absolute Gasteiger partial charge is 0.311 e. The highest BCUT2D eigenvalue weighted by atomic mass is 19.1. The number of halogens is 1. The van der Waals surface area contributed by atoms with Crippen LogP contribution < -0.4 is 10.4 Å². The SMILES string of the molecule is [B]c1ccc(N2C[C@H](C(=O)OC)CC2=O)c(F)c1. The van der Waals surface area contributed by atoms with Gasteiger partial charge in [-0.05, 0) is 12.1 Å². The Morgan fingerprint density at radius 3 is 2.89 bits per heavy atom. The number of benzene rings is 1. The fourth-order valence-electron chi connectivity index (χ4n) is 2.01. The highest BCUT2D eigenvalue weighted by molar-refractivity contribution is 6.32. The number of nitrogens with zero attached hydrogens (tertiary/aromatic N) is 1. The number of rotatable bonds is 2. The molecule has 0 N–H and O–H groups in total. The molecule has 1 aromatic carbocycles. The number of anilines is 1. The molecule has 0 unspecified atom stereocenters. The average molecular weight is 247 g/mol. The van der Waals surface area contributed by atoms with Gasteiger partial charge in [0.1, 0.15) is 13.7 Å². The summed E-state index contributed by atoms with van der Waals surface area (Å²) in [5.41, 5.74) is 0.424. The Hall–Kier alpha value is -1.85. The van der Waals surface area contributed by atoms with Gasteiger partial charge < -0.3 is 9.64 Å². The maximum Gasteiger partial charge on any atom is 0.311 e. The molecule has 1 heterocycles. The molecule has 92 valence electrons. The zero-order valence-corrected chi connectivity index (χ0v) is 9.85. The van der Waals surface area contributed by atoms with E-state index < -0.39 is 17.7 Å². The van der Waals surface area contributed by atoms with Gasteiger partial charge in [0.15, 0.2) is 0 Å². The van der Waals surface area contributed by atoms with Crippen LogP contribution in [0.4, 0.5) is 10.1 Å². The molecule has 0 spiro atoms. The van der Waals surface area contributed by atoms with E-state index in [0.29, 0.717) is 0 Å². The van der Waals surface area contributed by atoms with E-state index >= 15 is 0 Å². The zero-order valence-electron chi connectivity index (χ0n) is 9.85. The first-order valence-electron chi connectivity index (χ1n) is 5.46. The number of hydrogen-bond donors (Lipinski definition) is 0. The summed E-state index contributed by atoms with van der Waals surface area (Å²) in [7, 11) is 6.70. The molecule has 2 rings (SSSR count). The van der Waals surface area contributed by atoms with Gasteiger partial charge in [0.05, 0.1) is 18.7 Å². The van der Waals surface area contributed by atoms with E-state index in [4.69, 9.17) is 7.85 Å². The lowest BCUT2D eigenvalue weighted by atomic mass is 9.96. The Balaban J connectivity index is 2.24. The number of hydrogen-bond acceptors (Lipinski definition) is 3. The van der Waals surface area contributed by atoms with E-state index in [0.717, 1.165) is 6.07 Å². The molecular weight excluding hydrogens is 236 g/mol. The Morgan fingerprint density at radius 1 is 1.56 bits per heavy atom. The summed E-state index contributed by atoms with van der Waals surface area (Å²) in [6, 6.07) is 4.09. The number of carbonyl (C=O) groups excluding carboxylic acids is 2. The van der Waals surface area contributed by atoms with Gasteiger partial charge in [-0.2, -0.15) is 0 Å². The van der Waals surface area contributed by atoms with Crippen molar-refractivity contribution in [2.45, 2.75) is 6.42 Å². The van der Waals surface area contributed by atoms with Crippen LogP contribution in [0.25, 0.3) is 0 Å². The second-order valence-electron chi connectivity index (χ2n) is 4.14. The lowest BCUT2D eigenvalue weighted by molar-refractivity contribution is -0.145. The van der Waals surface area contributed by atoms with E-state index in [-0.39, 0.29) is 30.0 Å². The third kappa shape index (κ3) is 2.23. The van der Waals surface area contributed by atoms with Gasteiger partial charge in [-0.1, -0.05) is 11.5 Å². The number of ether oxygens (including phenoxy) is 1. The van der Waals surface area contributed by atoms with E-state index in [2.05, 4.69) is 4.74 Å². The van der Waals surface area contributed by atoms with Crippen LogP contribution in [0.3, 0.4) is 0 Å². The van der Waals surface area contributed by atoms with Crippen molar-refractivity contribution >= 4 is 30.9 Å². The molecular formula is C12H11BFNO3. The molecule has 2 radical (unpaired) electrons. The first-order valence-corrected chi connectivity index (χ1v) is 5.46. The Labute approximate surface area is 105 Å². The van der Waals surface area contributed by atoms with Crippen molar-refractivity contribution in [1.82, 2.24) is 0 Å². The van der Waals surface area contributed by atoms with Gasteiger partial charge in [0, 0.05) is 13.0 Å². The molecule has 1 aromatic rings. The molecule has 1 saturated heterocycles. The molecule has 1 fully saturated rings. The van der Waals surface area contributed by atoms with Crippen molar-refractivity contribution in [3.05, 3.63) is 24.0 Å². The molecule has 1 amide bonds. The normalized spacial score (nSPS) is 19.1. The maximum atomic E-state index is 13.7. The molecule has 6 heteroatoms. The standard InChI is InChI=1S/C12H11BFNO3/c1-18-12(17)7-4-11(16)15(6-7)10-3-2-8(13)5-9(10)14/h2-3,5,7H,4,6H2,1H3/t7-/m1/s1. The highest BCUT2D eigenvalue weighted by Crippen LogP contribution is 2.27. The topological polar surface area (TPSA) is 46.6 Å². The molecule has 18 heavy (non-hydrogen) atoms. The van der Waals surface area contributed by atoms with Crippen molar-refractivity contribution in [3.63, 3.8) is 0 Å². The van der Waals surface area contributed by atoms with Crippen molar-refractivity contribution < 1.29 is 18.7 Å². The molecule has 1 atom stereocenters. The van der Waals surface area contributed by atoms with Gasteiger partial charge in [0.25, 0.3) is 0 Å². The van der Waals surface area contributed by atoms with Crippen molar-refractivity contribution in [2.24, 2.45) is 5.92 Å². The van der Waals surface area contributed by atoms with E-state index in [1.165, 1.54) is 24.1 Å². The highest BCUT2D eigenvalue weighted by Gasteiger charge is 2.36. The van der Waals surface area contributed by atoms with Gasteiger partial charge in [-0.3, -0.25) is 9.59 Å². The van der Waals surface area contributed by atoms with Crippen LogP contribution in [0.1, 0.15) is 6.42 Å². The largest absolute Gasteiger partial charge is 0.469 e. The number of amides is 1. The zero-order chi connectivity index (χ0) is 13.3. The monoisotopic (exact) mass is 247 g/mol. The van der Waals surface area contributed by atoms with Crippen LogP contribution in [-0.4, -0.2) is 33.4 Å². The van der Waals surface area contributed by atoms with E-state index in [1.807, 2.05) is 0 Å². The summed E-state index contributed by atoms with van der Waals surface area (Å²) in [5.74, 6) is -1.87. The third-order valence-electron chi connectivity index (χ3n) is 2.92. The summed E-state index contributed by atoms with van der Waals surface area (Å²) in [6.45, 7) is 0.131. The van der Waals surface area contributed by atoms with Gasteiger partial charge in [-0.25, -0.2) is 4.39 Å². The third-order valence-corrected chi connectivity index (χ3v) is 2.92. The van der Waals surface area contributed by atoms with Gasteiger partial charge >= 0.3 is 5.97 Å². The van der Waals surface area contributed by atoms with Crippen molar-refractivity contribution in [1.29, 1.82) is 0 Å². The minimum absolute atomic E-state index is 0.0382. The average Bonchev–Trinajstić information content (AvgIpc) is 2.70. The first-order chi connectivity index (χ1) is 8.52. The maximum absolute atomic E-state index is 13.7. The minimum atomic E-state index is -0.575. The molecule has 1 aliphatic rings. The molecule has 1 aliphatic heterocycles. The van der Waals surface area contributed by atoms with Crippen LogP contribution in [0.15, 0.2) is 18.2 Å². The second kappa shape index (κ2) is 4.80. The van der Waals surface area contributed by atoms with Crippen LogP contribution >= 0.6 is 0 Å². The fraction of sp³-hybridized carbons (Fsp3) is 0.333. The molecule has 0 bridgehead atoms. The summed E-state index contributed by atoms with van der Waals surface area (Å²) < 4.78 is 18.3. The van der Waals surface area contributed by atoms with Crippen LogP contribution in [0, 0.1) is 11.7 Å². The summed E-state index contributed by atoms with van der Waals surface area (Å²) >= 11 is 0. The van der Waals surface area contributed by atoms with Gasteiger partial charge in [-0.15, -0.1) is 0 Å². The quantitative estimate of drug-likeness (QED) is 0.551. The molecule has 0 aliphatic carbocycles. The van der Waals surface area contributed by atoms with E-state index in [9.17, 15) is 14.0 Å². The number of esters is 1. The van der Waals surface area contributed by atoms with Crippen molar-refractivity contribution in [3.8, 4) is 0 Å². The number of carbonyl (C=O) groups is 2. The summed E-state index contributed by atoms with van der Waals surface area (Å²) in [4.78, 5) is 24.4. The van der Waals surface area contributed by atoms with Crippen LogP contribution in [0.2, 0.25) is 0 Å². The Kier molecular flexibility index (Phi) is 3.36. The summed E-state index contributed by atoms with van der Waals surface area (Å²) in [6.07, 6.45) is 0.0382. The fourth-order valence-corrected chi connectivity index (χ4v) is 2.01. The predicted molar refractivity (Wildman–Crippen MR) is 64.3 cm³/mol. The Morgan fingerprint density at radius 2 is 2.28 bits per heavy atom. The predicted octanol–water partition coefficient (Wildman–Crippen LogP) is 0.145. The number of methoxy groups -OCH3 is 1. The van der Waals surface area contributed by atoms with Gasteiger partial charge in [0.2, 0.25) is 5.91 Å². The van der Waals surface area contributed by atoms with E-state index in [1.54, 1.807) is 0 Å². The summed E-state index contributed by atoms with van der Waals surface area (Å²) in [5, 5.41) is 0. The first kappa shape index (κ1) is 12.6.